The highest BCUT2D eigenvalue weighted by Gasteiger charge is 2.28. The highest BCUT2D eigenvalue weighted by Crippen LogP contribution is 2.39. The molecule has 0 bridgehead atoms. The molecule has 7 nitrogen and oxygen atoms in total. The van der Waals surface area contributed by atoms with E-state index in [0.29, 0.717) is 43.3 Å². The molecule has 0 unspecified atom stereocenters. The van der Waals surface area contributed by atoms with Crippen LogP contribution in [-0.4, -0.2) is 70.5 Å². The van der Waals surface area contributed by atoms with Gasteiger partial charge in [-0.15, -0.1) is 0 Å². The van der Waals surface area contributed by atoms with Crippen LogP contribution in [-0.2, 0) is 9.47 Å². The molecule has 1 amide bonds. The lowest BCUT2D eigenvalue weighted by molar-refractivity contribution is 0.0641. The van der Waals surface area contributed by atoms with Crippen molar-refractivity contribution in [3.8, 4) is 16.9 Å². The number of anilines is 2. The van der Waals surface area contributed by atoms with Gasteiger partial charge >= 0.3 is 0 Å². The molecule has 2 aromatic carbocycles. The van der Waals surface area contributed by atoms with E-state index >= 15 is 0 Å². The Kier molecular flexibility index (Phi) is 10.0. The molecular weight excluding hydrogens is 418 g/mol. The van der Waals surface area contributed by atoms with E-state index in [1.807, 2.05) is 69.0 Å². The van der Waals surface area contributed by atoms with Crippen molar-refractivity contribution in [2.24, 2.45) is 0 Å². The molecule has 0 saturated carbocycles. The fraction of sp³-hybridized carbons (Fsp3) is 0.500. The van der Waals surface area contributed by atoms with Gasteiger partial charge in [-0.3, -0.25) is 4.79 Å². The van der Waals surface area contributed by atoms with Crippen LogP contribution in [0.15, 0.2) is 36.4 Å². The van der Waals surface area contributed by atoms with Crippen LogP contribution < -0.4 is 15.4 Å². The van der Waals surface area contributed by atoms with E-state index in [1.165, 1.54) is 0 Å². The van der Waals surface area contributed by atoms with Crippen LogP contribution in [0.3, 0.4) is 0 Å². The zero-order valence-corrected chi connectivity index (χ0v) is 21.1. The van der Waals surface area contributed by atoms with Crippen molar-refractivity contribution < 1.29 is 19.0 Å². The Hall–Kier alpha value is -2.77. The summed E-state index contributed by atoms with van der Waals surface area (Å²) < 4.78 is 16.3. The largest absolute Gasteiger partial charge is 0.496 e. The molecule has 2 N–H and O–H groups in total. The van der Waals surface area contributed by atoms with Crippen LogP contribution in [0.4, 0.5) is 11.4 Å². The summed E-state index contributed by atoms with van der Waals surface area (Å²) in [5, 5.41) is 0. The lowest BCUT2D eigenvalue weighted by Crippen LogP contribution is -2.42. The molecule has 0 aromatic heterocycles. The van der Waals surface area contributed by atoms with E-state index < -0.39 is 0 Å². The van der Waals surface area contributed by atoms with Crippen LogP contribution in [0.25, 0.3) is 11.1 Å². The number of hydrogen-bond acceptors (Lipinski definition) is 6. The first-order chi connectivity index (χ1) is 15.8. The summed E-state index contributed by atoms with van der Waals surface area (Å²) in [6.07, 6.45) is 0. The molecule has 0 saturated heterocycles. The first-order valence-corrected chi connectivity index (χ1v) is 11.4. The molecule has 182 valence electrons. The Morgan fingerprint density at radius 3 is 2.03 bits per heavy atom. The van der Waals surface area contributed by atoms with Gasteiger partial charge in [-0.2, -0.15) is 0 Å². The van der Waals surface area contributed by atoms with E-state index in [0.717, 1.165) is 16.8 Å². The Bertz CT molecular complexity index is 898. The summed E-state index contributed by atoms with van der Waals surface area (Å²) in [4.78, 5) is 17.9. The predicted octanol–water partition coefficient (Wildman–Crippen LogP) is 4.30. The Morgan fingerprint density at radius 1 is 0.909 bits per heavy atom. The highest BCUT2D eigenvalue weighted by atomic mass is 16.5. The van der Waals surface area contributed by atoms with Crippen LogP contribution in [0.1, 0.15) is 38.1 Å². The summed E-state index contributed by atoms with van der Waals surface area (Å²) in [6, 6.07) is 11.6. The number of rotatable bonds is 12. The molecule has 0 aliphatic heterocycles. The lowest BCUT2D eigenvalue weighted by atomic mass is 9.94. The second-order valence-corrected chi connectivity index (χ2v) is 8.53. The van der Waals surface area contributed by atoms with Crippen LogP contribution in [0.2, 0.25) is 0 Å². The lowest BCUT2D eigenvalue weighted by Gasteiger charge is -2.33. The average Bonchev–Trinajstić information content (AvgIpc) is 2.78. The smallest absolute Gasteiger partial charge is 0.258 e. The third-order valence-corrected chi connectivity index (χ3v) is 5.59. The fourth-order valence-corrected chi connectivity index (χ4v) is 4.14. The standard InChI is InChI=1S/C26H39N3O4/c1-18(2)29(19(3)4)26(30)25-21(9-8-10-24(25)33-7)22-17-20(27)11-12-23(22)28(13-15-31-5)14-16-32-6/h8-12,17-19H,13-16,27H2,1-7H3. The molecule has 0 fully saturated rings. The van der Waals surface area contributed by atoms with E-state index in [2.05, 4.69) is 4.90 Å². The van der Waals surface area contributed by atoms with Crippen molar-refractivity contribution in [3.05, 3.63) is 42.0 Å². The quantitative estimate of drug-likeness (QED) is 0.479. The zero-order chi connectivity index (χ0) is 24.5. The van der Waals surface area contributed by atoms with Crippen molar-refractivity contribution in [1.29, 1.82) is 0 Å². The highest BCUT2D eigenvalue weighted by molar-refractivity contribution is 6.05. The molecule has 0 atom stereocenters. The fourth-order valence-electron chi connectivity index (χ4n) is 4.14. The van der Waals surface area contributed by atoms with E-state index in [4.69, 9.17) is 19.9 Å². The number of amides is 1. The SMILES string of the molecule is COCCN(CCOC)c1ccc(N)cc1-c1cccc(OC)c1C(=O)N(C(C)C)C(C)C. The van der Waals surface area contributed by atoms with Gasteiger partial charge in [-0.25, -0.2) is 0 Å². The average molecular weight is 458 g/mol. The second kappa shape index (κ2) is 12.5. The maximum absolute atomic E-state index is 13.9. The van der Waals surface area contributed by atoms with E-state index in [-0.39, 0.29) is 18.0 Å². The summed E-state index contributed by atoms with van der Waals surface area (Å²) >= 11 is 0. The number of carbonyl (C=O) groups is 1. The van der Waals surface area contributed by atoms with Gasteiger partial charge in [0.25, 0.3) is 5.91 Å². The summed E-state index contributed by atoms with van der Waals surface area (Å²) in [6.45, 7) is 10.6. The van der Waals surface area contributed by atoms with Gasteiger partial charge in [-0.1, -0.05) is 12.1 Å². The monoisotopic (exact) mass is 457 g/mol. The maximum atomic E-state index is 13.9. The Labute approximate surface area is 198 Å². The summed E-state index contributed by atoms with van der Waals surface area (Å²) in [7, 11) is 4.96. The molecular formula is C26H39N3O4. The first-order valence-electron chi connectivity index (χ1n) is 11.4. The van der Waals surface area contributed by atoms with Crippen molar-refractivity contribution >= 4 is 17.3 Å². The van der Waals surface area contributed by atoms with Gasteiger partial charge in [0.05, 0.1) is 25.9 Å². The number of ether oxygens (including phenoxy) is 3. The van der Waals surface area contributed by atoms with Gasteiger partial charge in [0.2, 0.25) is 0 Å². The third-order valence-electron chi connectivity index (χ3n) is 5.59. The maximum Gasteiger partial charge on any atom is 0.258 e. The minimum absolute atomic E-state index is 0.0375. The Balaban J connectivity index is 2.74. The molecule has 0 aliphatic carbocycles. The van der Waals surface area contributed by atoms with Crippen molar-refractivity contribution in [2.75, 3.05) is 58.3 Å². The number of nitrogens with zero attached hydrogens (tertiary/aromatic N) is 2. The minimum atomic E-state index is -0.0684. The summed E-state index contributed by atoms with van der Waals surface area (Å²) in [5.41, 5.74) is 10.00. The molecule has 0 spiro atoms. The molecule has 0 heterocycles. The minimum Gasteiger partial charge on any atom is -0.496 e. The molecule has 7 heteroatoms. The number of methoxy groups -OCH3 is 3. The molecule has 33 heavy (non-hydrogen) atoms. The molecule has 2 aromatic rings. The normalized spacial score (nSPS) is 11.2. The van der Waals surface area contributed by atoms with Crippen molar-refractivity contribution in [3.63, 3.8) is 0 Å². The van der Waals surface area contributed by atoms with Crippen LogP contribution in [0, 0.1) is 0 Å². The van der Waals surface area contributed by atoms with Gasteiger partial charge in [-0.05, 0) is 52.0 Å². The zero-order valence-electron chi connectivity index (χ0n) is 21.1. The van der Waals surface area contributed by atoms with Gasteiger partial charge in [0.15, 0.2) is 0 Å². The van der Waals surface area contributed by atoms with Crippen molar-refractivity contribution in [2.45, 2.75) is 39.8 Å². The van der Waals surface area contributed by atoms with Gasteiger partial charge in [0.1, 0.15) is 5.75 Å². The number of nitrogen functional groups attached to an aromatic ring is 1. The summed E-state index contributed by atoms with van der Waals surface area (Å²) in [5.74, 6) is 0.471. The number of carbonyl (C=O) groups excluding carboxylic acids is 1. The predicted molar refractivity (Wildman–Crippen MR) is 135 cm³/mol. The molecule has 0 radical (unpaired) electrons. The van der Waals surface area contributed by atoms with Crippen LogP contribution >= 0.6 is 0 Å². The topological polar surface area (TPSA) is 77.3 Å². The Morgan fingerprint density at radius 2 is 1.52 bits per heavy atom. The van der Waals surface area contributed by atoms with Crippen LogP contribution in [0.5, 0.6) is 5.75 Å². The van der Waals surface area contributed by atoms with Gasteiger partial charge < -0.3 is 29.7 Å². The number of hydrogen-bond donors (Lipinski definition) is 1. The first kappa shape index (κ1) is 26.5. The third kappa shape index (κ3) is 6.39. The second-order valence-electron chi connectivity index (χ2n) is 8.53. The molecule has 0 aliphatic rings. The van der Waals surface area contributed by atoms with Crippen molar-refractivity contribution in [1.82, 2.24) is 4.90 Å². The van der Waals surface area contributed by atoms with E-state index in [9.17, 15) is 4.79 Å². The number of nitrogens with two attached hydrogens (primary N) is 1. The number of benzene rings is 2. The molecule has 2 rings (SSSR count). The van der Waals surface area contributed by atoms with E-state index in [1.54, 1.807) is 21.3 Å². The van der Waals surface area contributed by atoms with Gasteiger partial charge in [0, 0.05) is 61.9 Å².